The quantitative estimate of drug-likeness (QED) is 0.854. The minimum Gasteiger partial charge on any atom is -0.389 e. The van der Waals surface area contributed by atoms with Crippen LogP contribution in [0.25, 0.3) is 0 Å². The van der Waals surface area contributed by atoms with E-state index in [1.165, 1.54) is 12.8 Å². The molecule has 1 aliphatic heterocycles. The number of hydrogen-bond acceptors (Lipinski definition) is 4. The fourth-order valence-corrected chi connectivity index (χ4v) is 3.64. The van der Waals surface area contributed by atoms with Gasteiger partial charge < -0.3 is 15.3 Å². The van der Waals surface area contributed by atoms with Crippen molar-refractivity contribution in [3.05, 3.63) is 12.4 Å². The number of rotatable bonds is 5. The highest BCUT2D eigenvalue weighted by Crippen LogP contribution is 2.39. The van der Waals surface area contributed by atoms with Crippen LogP contribution in [-0.4, -0.2) is 68.5 Å². The predicted octanol–water partition coefficient (Wildman–Crippen LogP) is 2.16. The summed E-state index contributed by atoms with van der Waals surface area (Å²) >= 11 is 0. The van der Waals surface area contributed by atoms with Gasteiger partial charge in [0, 0.05) is 38.4 Å². The lowest BCUT2D eigenvalue weighted by atomic mass is 10.1. The van der Waals surface area contributed by atoms with Gasteiger partial charge >= 0.3 is 6.03 Å². The van der Waals surface area contributed by atoms with E-state index in [0.29, 0.717) is 19.1 Å². The second-order valence-corrected chi connectivity index (χ2v) is 8.31. The second-order valence-electron chi connectivity index (χ2n) is 8.31. The number of anilines is 1. The number of aromatic nitrogens is 2. The topological polar surface area (TPSA) is 73.6 Å². The maximum absolute atomic E-state index is 12.6. The molecule has 0 radical (unpaired) electrons. The maximum Gasteiger partial charge on any atom is 0.322 e. The van der Waals surface area contributed by atoms with Crippen LogP contribution < -0.4 is 5.32 Å². The zero-order valence-corrected chi connectivity index (χ0v) is 15.8. The van der Waals surface area contributed by atoms with E-state index in [9.17, 15) is 9.90 Å². The summed E-state index contributed by atoms with van der Waals surface area (Å²) in [4.78, 5) is 16.7. The first-order valence-electron chi connectivity index (χ1n) is 9.29. The van der Waals surface area contributed by atoms with Crippen LogP contribution in [0.4, 0.5) is 10.5 Å². The van der Waals surface area contributed by atoms with E-state index < -0.39 is 5.60 Å². The molecule has 2 atom stereocenters. The molecule has 0 bridgehead atoms. The molecule has 2 aliphatic rings. The molecule has 25 heavy (non-hydrogen) atoms. The number of aliphatic hydroxyl groups is 1. The second kappa shape index (κ2) is 6.96. The van der Waals surface area contributed by atoms with E-state index >= 15 is 0 Å². The molecule has 1 saturated carbocycles. The highest BCUT2D eigenvalue weighted by Gasteiger charge is 2.31. The molecular weight excluding hydrogens is 318 g/mol. The van der Waals surface area contributed by atoms with Crippen molar-refractivity contribution in [1.29, 1.82) is 0 Å². The summed E-state index contributed by atoms with van der Waals surface area (Å²) in [5.41, 5.74) is 0.0420. The predicted molar refractivity (Wildman–Crippen MR) is 97.6 cm³/mol. The number of carbonyl (C=O) groups excluding carboxylic acids is 1. The van der Waals surface area contributed by atoms with Gasteiger partial charge in [-0.05, 0) is 46.5 Å². The van der Waals surface area contributed by atoms with Gasteiger partial charge in [-0.15, -0.1) is 0 Å². The fourth-order valence-electron chi connectivity index (χ4n) is 3.64. The zero-order chi connectivity index (χ0) is 18.2. The zero-order valence-electron chi connectivity index (χ0n) is 15.8. The molecule has 2 fully saturated rings. The molecule has 1 aliphatic carbocycles. The van der Waals surface area contributed by atoms with Gasteiger partial charge in [-0.3, -0.25) is 9.58 Å². The standard InChI is InChI=1S/C18H31N5O2/c1-13-10-21(12-18(3,4)25)7-8-22(13)17(24)20-16-9-19-23(11-16)14(2)15-5-6-15/h9,11,13-15,25H,5-8,10,12H2,1-4H3,(H,20,24). The Kier molecular flexibility index (Phi) is 5.06. The summed E-state index contributed by atoms with van der Waals surface area (Å²) in [6.07, 6.45) is 6.20. The Morgan fingerprint density at radius 1 is 1.44 bits per heavy atom. The number of carbonyl (C=O) groups is 1. The van der Waals surface area contributed by atoms with Crippen molar-refractivity contribution < 1.29 is 9.90 Å². The van der Waals surface area contributed by atoms with E-state index in [-0.39, 0.29) is 12.1 Å². The molecule has 7 heteroatoms. The largest absolute Gasteiger partial charge is 0.389 e. The van der Waals surface area contributed by atoms with Crippen molar-refractivity contribution in [2.75, 3.05) is 31.5 Å². The first kappa shape index (κ1) is 18.2. The van der Waals surface area contributed by atoms with Crippen molar-refractivity contribution in [2.45, 2.75) is 58.2 Å². The Balaban J connectivity index is 1.53. The van der Waals surface area contributed by atoms with Crippen molar-refractivity contribution in [1.82, 2.24) is 19.6 Å². The average molecular weight is 349 g/mol. The van der Waals surface area contributed by atoms with Crippen LogP contribution in [0.1, 0.15) is 46.6 Å². The van der Waals surface area contributed by atoms with E-state index in [1.807, 2.05) is 29.6 Å². The number of amides is 2. The molecule has 7 nitrogen and oxygen atoms in total. The Morgan fingerprint density at radius 3 is 2.76 bits per heavy atom. The van der Waals surface area contributed by atoms with Gasteiger partial charge in [-0.1, -0.05) is 0 Å². The molecule has 1 aromatic heterocycles. The van der Waals surface area contributed by atoms with E-state index in [2.05, 4.69) is 29.2 Å². The third-order valence-electron chi connectivity index (χ3n) is 5.16. The van der Waals surface area contributed by atoms with Crippen LogP contribution in [0.5, 0.6) is 0 Å². The lowest BCUT2D eigenvalue weighted by molar-refractivity contribution is 0.0130. The summed E-state index contributed by atoms with van der Waals surface area (Å²) in [6.45, 7) is 10.7. The van der Waals surface area contributed by atoms with Crippen LogP contribution in [0.3, 0.4) is 0 Å². The molecule has 3 rings (SSSR count). The summed E-state index contributed by atoms with van der Waals surface area (Å²) in [5, 5.41) is 17.3. The highest BCUT2D eigenvalue weighted by atomic mass is 16.3. The highest BCUT2D eigenvalue weighted by molar-refractivity contribution is 5.89. The summed E-state index contributed by atoms with van der Waals surface area (Å²) in [5.74, 6) is 0.729. The van der Waals surface area contributed by atoms with E-state index in [1.54, 1.807) is 6.20 Å². The van der Waals surface area contributed by atoms with Gasteiger partial charge in [0.05, 0.1) is 23.5 Å². The van der Waals surface area contributed by atoms with Gasteiger partial charge in [0.25, 0.3) is 0 Å². The van der Waals surface area contributed by atoms with Crippen LogP contribution in [0, 0.1) is 5.92 Å². The Morgan fingerprint density at radius 2 is 2.16 bits per heavy atom. The average Bonchev–Trinajstić information content (AvgIpc) is 3.25. The third kappa shape index (κ3) is 4.73. The van der Waals surface area contributed by atoms with Gasteiger partial charge in [0.1, 0.15) is 0 Å². The molecule has 0 aromatic carbocycles. The Hall–Kier alpha value is -1.60. The maximum atomic E-state index is 12.6. The number of hydrogen-bond donors (Lipinski definition) is 2. The van der Waals surface area contributed by atoms with Gasteiger partial charge in [-0.2, -0.15) is 5.10 Å². The molecule has 140 valence electrons. The van der Waals surface area contributed by atoms with Gasteiger partial charge in [-0.25, -0.2) is 4.79 Å². The van der Waals surface area contributed by atoms with Crippen LogP contribution in [0.15, 0.2) is 12.4 Å². The minimum absolute atomic E-state index is 0.0750. The third-order valence-corrected chi connectivity index (χ3v) is 5.16. The van der Waals surface area contributed by atoms with Crippen LogP contribution in [-0.2, 0) is 0 Å². The number of nitrogens with one attached hydrogen (secondary N) is 1. The summed E-state index contributed by atoms with van der Waals surface area (Å²) in [6, 6.07) is 0.431. The Labute approximate surface area is 150 Å². The number of nitrogens with zero attached hydrogens (tertiary/aromatic N) is 4. The molecule has 2 unspecified atom stereocenters. The Bertz CT molecular complexity index is 605. The van der Waals surface area contributed by atoms with Crippen molar-refractivity contribution in [3.63, 3.8) is 0 Å². The molecular formula is C18H31N5O2. The van der Waals surface area contributed by atoms with Crippen molar-refractivity contribution >= 4 is 11.7 Å². The van der Waals surface area contributed by atoms with Crippen molar-refractivity contribution in [3.8, 4) is 0 Å². The first-order chi connectivity index (χ1) is 11.7. The monoisotopic (exact) mass is 349 g/mol. The molecule has 2 heterocycles. The van der Waals surface area contributed by atoms with E-state index in [0.717, 1.165) is 24.7 Å². The molecule has 2 amide bonds. The SMILES string of the molecule is CC1CN(CC(C)(C)O)CCN1C(=O)Nc1cnn(C(C)C2CC2)c1. The number of urea groups is 1. The lowest BCUT2D eigenvalue weighted by Gasteiger charge is -2.41. The van der Waals surface area contributed by atoms with E-state index in [4.69, 9.17) is 0 Å². The smallest absolute Gasteiger partial charge is 0.322 e. The summed E-state index contributed by atoms with van der Waals surface area (Å²) < 4.78 is 1.96. The first-order valence-corrected chi connectivity index (χ1v) is 9.29. The molecule has 1 aromatic rings. The van der Waals surface area contributed by atoms with Crippen LogP contribution >= 0.6 is 0 Å². The number of piperazine rings is 1. The van der Waals surface area contributed by atoms with Gasteiger partial charge in [0.15, 0.2) is 0 Å². The fraction of sp³-hybridized carbons (Fsp3) is 0.778. The normalized spacial score (nSPS) is 23.6. The molecule has 0 spiro atoms. The van der Waals surface area contributed by atoms with Crippen molar-refractivity contribution in [2.24, 2.45) is 5.92 Å². The molecule has 2 N–H and O–H groups in total. The molecule has 1 saturated heterocycles. The minimum atomic E-state index is -0.711. The van der Waals surface area contributed by atoms with Crippen LogP contribution in [0.2, 0.25) is 0 Å². The van der Waals surface area contributed by atoms with Gasteiger partial charge in [0.2, 0.25) is 0 Å². The number of β-amino-alcohol motifs (C(OH)–C–C–N with tert-alkyl or cyclic N) is 1. The lowest BCUT2D eigenvalue weighted by Crippen LogP contribution is -2.57. The summed E-state index contributed by atoms with van der Waals surface area (Å²) in [7, 11) is 0.